The van der Waals surface area contributed by atoms with E-state index in [1.165, 1.54) is 11.8 Å². The molecule has 0 aliphatic heterocycles. The van der Waals surface area contributed by atoms with E-state index in [0.717, 1.165) is 15.4 Å². The molecule has 26 heavy (non-hydrogen) atoms. The first-order chi connectivity index (χ1) is 12.7. The minimum Gasteiger partial charge on any atom is -0.345 e. The Morgan fingerprint density at radius 3 is 2.27 bits per heavy atom. The van der Waals surface area contributed by atoms with Gasteiger partial charge in [-0.15, -0.1) is 0 Å². The first-order valence-corrected chi connectivity index (χ1v) is 9.12. The van der Waals surface area contributed by atoms with Gasteiger partial charge in [0.25, 0.3) is 5.91 Å². The van der Waals surface area contributed by atoms with Crippen molar-refractivity contribution in [1.82, 2.24) is 5.32 Å². The lowest BCUT2D eigenvalue weighted by Crippen LogP contribution is -2.27. The molecular weight excluding hydrogens is 340 g/mol. The Morgan fingerprint density at radius 2 is 1.54 bits per heavy atom. The lowest BCUT2D eigenvalue weighted by atomic mass is 10.1. The van der Waals surface area contributed by atoms with Crippen molar-refractivity contribution in [3.63, 3.8) is 0 Å². The molecule has 4 heteroatoms. The summed E-state index contributed by atoms with van der Waals surface area (Å²) < 4.78 is 0. The fraction of sp³-hybridized carbons (Fsp3) is 0.0909. The second-order valence-corrected chi connectivity index (χ2v) is 6.90. The van der Waals surface area contributed by atoms with Crippen LogP contribution in [0, 0.1) is 11.3 Å². The lowest BCUT2D eigenvalue weighted by molar-refractivity contribution is 0.0937. The third-order valence-electron chi connectivity index (χ3n) is 4.01. The van der Waals surface area contributed by atoms with E-state index in [1.807, 2.05) is 79.7 Å². The molecule has 3 nitrogen and oxygen atoms in total. The SMILES string of the molecule is C[C@H](NC(=O)c1ccccc1Sc1ccccc1C#N)c1ccccc1. The molecule has 0 saturated heterocycles. The van der Waals surface area contributed by atoms with E-state index in [2.05, 4.69) is 11.4 Å². The largest absolute Gasteiger partial charge is 0.345 e. The van der Waals surface area contributed by atoms with Gasteiger partial charge in [0, 0.05) is 9.79 Å². The molecule has 1 atom stereocenters. The summed E-state index contributed by atoms with van der Waals surface area (Å²) in [6.45, 7) is 1.97. The van der Waals surface area contributed by atoms with Crippen LogP contribution in [0.5, 0.6) is 0 Å². The molecule has 0 spiro atoms. The van der Waals surface area contributed by atoms with Gasteiger partial charge in [-0.3, -0.25) is 4.79 Å². The van der Waals surface area contributed by atoms with E-state index in [1.54, 1.807) is 6.07 Å². The molecule has 0 radical (unpaired) electrons. The monoisotopic (exact) mass is 358 g/mol. The molecule has 0 unspecified atom stereocenters. The second-order valence-electron chi connectivity index (χ2n) is 5.81. The van der Waals surface area contributed by atoms with Crippen LogP contribution >= 0.6 is 11.8 Å². The van der Waals surface area contributed by atoms with Crippen molar-refractivity contribution in [2.45, 2.75) is 22.8 Å². The highest BCUT2D eigenvalue weighted by Crippen LogP contribution is 2.32. The van der Waals surface area contributed by atoms with E-state index in [-0.39, 0.29) is 11.9 Å². The first-order valence-electron chi connectivity index (χ1n) is 8.31. The Hall–Kier alpha value is -3.03. The van der Waals surface area contributed by atoms with Gasteiger partial charge in [0.1, 0.15) is 6.07 Å². The van der Waals surface area contributed by atoms with E-state index in [4.69, 9.17) is 0 Å². The van der Waals surface area contributed by atoms with E-state index in [9.17, 15) is 10.1 Å². The van der Waals surface area contributed by atoms with Crippen molar-refractivity contribution >= 4 is 17.7 Å². The molecule has 0 fully saturated rings. The zero-order valence-electron chi connectivity index (χ0n) is 14.3. The third kappa shape index (κ3) is 4.14. The van der Waals surface area contributed by atoms with Crippen LogP contribution in [-0.4, -0.2) is 5.91 Å². The minimum atomic E-state index is -0.126. The Balaban J connectivity index is 1.83. The molecule has 0 heterocycles. The topological polar surface area (TPSA) is 52.9 Å². The number of rotatable bonds is 5. The molecule has 3 rings (SSSR count). The smallest absolute Gasteiger partial charge is 0.252 e. The normalized spacial score (nSPS) is 11.4. The highest BCUT2D eigenvalue weighted by atomic mass is 32.2. The molecular formula is C22H18N2OS. The summed E-state index contributed by atoms with van der Waals surface area (Å²) >= 11 is 1.43. The van der Waals surface area contributed by atoms with Crippen LogP contribution in [0.25, 0.3) is 0 Å². The van der Waals surface area contributed by atoms with Gasteiger partial charge in [-0.25, -0.2) is 0 Å². The maximum absolute atomic E-state index is 12.8. The third-order valence-corrected chi connectivity index (χ3v) is 5.16. The molecule has 0 aliphatic carbocycles. The number of nitrogens with zero attached hydrogens (tertiary/aromatic N) is 1. The molecule has 1 amide bonds. The predicted molar refractivity (Wildman–Crippen MR) is 104 cm³/mol. The van der Waals surface area contributed by atoms with Gasteiger partial charge in [0.05, 0.1) is 17.2 Å². The van der Waals surface area contributed by atoms with Crippen molar-refractivity contribution in [3.8, 4) is 6.07 Å². The van der Waals surface area contributed by atoms with Crippen molar-refractivity contribution < 1.29 is 4.79 Å². The number of amides is 1. The molecule has 3 aromatic rings. The minimum absolute atomic E-state index is 0.0897. The van der Waals surface area contributed by atoms with E-state index >= 15 is 0 Å². The standard InChI is InChI=1S/C22H18N2OS/c1-16(17-9-3-2-4-10-17)24-22(25)19-12-6-8-14-21(19)26-20-13-7-5-11-18(20)15-23/h2-14,16H,1H3,(H,24,25)/t16-/m0/s1. The molecule has 0 aliphatic rings. The highest BCUT2D eigenvalue weighted by Gasteiger charge is 2.16. The molecule has 128 valence electrons. The maximum Gasteiger partial charge on any atom is 0.252 e. The summed E-state index contributed by atoms with van der Waals surface area (Å²) in [5, 5.41) is 12.3. The maximum atomic E-state index is 12.8. The summed E-state index contributed by atoms with van der Waals surface area (Å²) in [6.07, 6.45) is 0. The van der Waals surface area contributed by atoms with Gasteiger partial charge in [-0.1, -0.05) is 66.4 Å². The second kappa shape index (κ2) is 8.37. The summed E-state index contributed by atoms with van der Waals surface area (Å²) in [4.78, 5) is 14.5. The van der Waals surface area contributed by atoms with Gasteiger partial charge in [-0.05, 0) is 36.8 Å². The van der Waals surface area contributed by atoms with E-state index < -0.39 is 0 Å². The number of nitrogens with one attached hydrogen (secondary N) is 1. The van der Waals surface area contributed by atoms with Crippen molar-refractivity contribution in [1.29, 1.82) is 5.26 Å². The van der Waals surface area contributed by atoms with Crippen LogP contribution in [0.2, 0.25) is 0 Å². The predicted octanol–water partition coefficient (Wildman–Crippen LogP) is 5.20. The number of hydrogen-bond donors (Lipinski definition) is 1. The average molecular weight is 358 g/mol. The van der Waals surface area contributed by atoms with Gasteiger partial charge in [0.2, 0.25) is 0 Å². The van der Waals surface area contributed by atoms with Crippen LogP contribution in [0.15, 0.2) is 88.7 Å². The molecule has 1 N–H and O–H groups in total. The summed E-state index contributed by atoms with van der Waals surface area (Å²) in [5.74, 6) is -0.126. The Bertz CT molecular complexity index is 948. The zero-order chi connectivity index (χ0) is 18.4. The van der Waals surface area contributed by atoms with Crippen molar-refractivity contribution in [2.75, 3.05) is 0 Å². The van der Waals surface area contributed by atoms with Gasteiger partial charge in [0.15, 0.2) is 0 Å². The summed E-state index contributed by atoms with van der Waals surface area (Å²) in [6, 6.07) is 26.8. The quantitative estimate of drug-likeness (QED) is 0.682. The average Bonchev–Trinajstić information content (AvgIpc) is 2.69. The summed E-state index contributed by atoms with van der Waals surface area (Å²) in [7, 11) is 0. The number of benzene rings is 3. The Morgan fingerprint density at radius 1 is 0.923 bits per heavy atom. The number of nitriles is 1. The number of carbonyl (C=O) groups excluding carboxylic acids is 1. The Kier molecular flexibility index (Phi) is 5.73. The molecule has 3 aromatic carbocycles. The first kappa shape index (κ1) is 17.8. The van der Waals surface area contributed by atoms with Gasteiger partial charge < -0.3 is 5.32 Å². The van der Waals surface area contributed by atoms with Crippen molar-refractivity contribution in [3.05, 3.63) is 95.6 Å². The van der Waals surface area contributed by atoms with Crippen LogP contribution in [-0.2, 0) is 0 Å². The van der Waals surface area contributed by atoms with Crippen LogP contribution < -0.4 is 5.32 Å². The fourth-order valence-electron chi connectivity index (χ4n) is 2.61. The Labute approximate surface area is 157 Å². The molecule has 0 aromatic heterocycles. The zero-order valence-corrected chi connectivity index (χ0v) is 15.2. The number of hydrogen-bond acceptors (Lipinski definition) is 3. The van der Waals surface area contributed by atoms with Crippen LogP contribution in [0.4, 0.5) is 0 Å². The summed E-state index contributed by atoms with van der Waals surface area (Å²) in [5.41, 5.74) is 2.26. The van der Waals surface area contributed by atoms with Crippen molar-refractivity contribution in [2.24, 2.45) is 0 Å². The lowest BCUT2D eigenvalue weighted by Gasteiger charge is -2.16. The molecule has 0 saturated carbocycles. The van der Waals surface area contributed by atoms with Crippen LogP contribution in [0.3, 0.4) is 0 Å². The molecule has 0 bridgehead atoms. The van der Waals surface area contributed by atoms with Gasteiger partial charge >= 0.3 is 0 Å². The number of carbonyl (C=O) groups is 1. The van der Waals surface area contributed by atoms with Gasteiger partial charge in [-0.2, -0.15) is 5.26 Å². The highest BCUT2D eigenvalue weighted by molar-refractivity contribution is 7.99. The van der Waals surface area contributed by atoms with E-state index in [0.29, 0.717) is 11.1 Å². The van der Waals surface area contributed by atoms with Crippen LogP contribution in [0.1, 0.15) is 34.5 Å². The fourth-order valence-corrected chi connectivity index (χ4v) is 3.63.